The van der Waals surface area contributed by atoms with Gasteiger partial charge >= 0.3 is 0 Å². The fourth-order valence-corrected chi connectivity index (χ4v) is 0.373. The van der Waals surface area contributed by atoms with Gasteiger partial charge in [-0.2, -0.15) is 0 Å². The van der Waals surface area contributed by atoms with Crippen LogP contribution >= 0.6 is 0 Å². The highest BCUT2D eigenvalue weighted by Crippen LogP contribution is 2.11. The molecule has 0 fully saturated rings. The first-order valence-electron chi connectivity index (χ1n) is 5.07. The van der Waals surface area contributed by atoms with Crippen LogP contribution in [-0.4, -0.2) is 12.8 Å². The number of rotatable bonds is 2. The van der Waals surface area contributed by atoms with Gasteiger partial charge in [-0.3, -0.25) is 4.79 Å². The maximum Gasteiger partial charge on any atom is 0.293 e. The highest BCUT2D eigenvalue weighted by molar-refractivity contribution is 5.78. The Labute approximate surface area is 61.3 Å². The quantitative estimate of drug-likeness (QED) is 0.608. The van der Waals surface area contributed by atoms with Crippen molar-refractivity contribution in [3.8, 4) is 5.75 Å². The summed E-state index contributed by atoms with van der Waals surface area (Å²) in [6, 6.07) is -2.54. The molecule has 1 rings (SSSR count). The zero-order chi connectivity index (χ0) is 11.7. The Morgan fingerprint density at radius 1 is 1.78 bits per heavy atom. The molecule has 2 heteroatoms. The molecule has 0 spiro atoms. The van der Waals surface area contributed by atoms with Gasteiger partial charge in [-0.05, 0) is 12.1 Å². The van der Waals surface area contributed by atoms with E-state index in [2.05, 4.69) is 5.11 Å². The lowest BCUT2D eigenvalue weighted by Gasteiger charge is -1.91. The van der Waals surface area contributed by atoms with E-state index < -0.39 is 41.7 Å². The molecule has 1 aromatic rings. The van der Waals surface area contributed by atoms with Gasteiger partial charge in [-0.25, -0.2) is 0 Å². The first-order valence-corrected chi connectivity index (χ1v) is 2.16. The molecule has 0 aromatic heterocycles. The van der Waals surface area contributed by atoms with E-state index in [1.807, 2.05) is 0 Å². The van der Waals surface area contributed by atoms with Crippen molar-refractivity contribution in [1.82, 2.24) is 0 Å². The highest BCUT2D eigenvalue weighted by Gasteiger charge is 1.93. The van der Waals surface area contributed by atoms with Crippen molar-refractivity contribution in [1.29, 1.82) is 1.43 Å². The van der Waals surface area contributed by atoms with Gasteiger partial charge in [-0.1, -0.05) is 12.1 Å². The number of benzene rings is 1. The van der Waals surface area contributed by atoms with Gasteiger partial charge in [0.2, 0.25) is 0 Å². The summed E-state index contributed by atoms with van der Waals surface area (Å²) < 4.78 is 42.5. The summed E-state index contributed by atoms with van der Waals surface area (Å²) in [7, 11) is 0. The third kappa shape index (κ3) is 1.08. The van der Waals surface area contributed by atoms with E-state index in [4.69, 9.17) is 8.28 Å². The minimum atomic E-state index is -1.32. The largest absolute Gasteiger partial charge is 0.507 e. The van der Waals surface area contributed by atoms with Gasteiger partial charge in [0.05, 0.1) is 11.0 Å². The van der Waals surface area contributed by atoms with Crippen LogP contribution in [0, 0.1) is 0 Å². The van der Waals surface area contributed by atoms with Crippen molar-refractivity contribution in [2.24, 2.45) is 0 Å². The minimum absolute atomic E-state index is 0.604. The van der Waals surface area contributed by atoms with Crippen LogP contribution < -0.4 is 0 Å². The molecule has 0 bridgehead atoms. The minimum Gasteiger partial charge on any atom is -0.507 e. The number of carbonyl (C=O) groups is 1. The van der Waals surface area contributed by atoms with Crippen molar-refractivity contribution < 1.29 is 16.8 Å². The van der Waals surface area contributed by atoms with Crippen molar-refractivity contribution in [3.63, 3.8) is 0 Å². The van der Waals surface area contributed by atoms with Crippen LogP contribution in [0.2, 0.25) is 0 Å². The van der Waals surface area contributed by atoms with Crippen LogP contribution in [0.1, 0.15) is 17.2 Å². The smallest absolute Gasteiger partial charge is 0.293 e. The topological polar surface area (TPSA) is 37.3 Å². The summed E-state index contributed by atoms with van der Waals surface area (Å²) in [5.41, 5.74) is -0.629. The molecule has 0 aliphatic heterocycles. The predicted molar refractivity (Wildman–Crippen MR) is 33.5 cm³/mol. The predicted octanol–water partition coefficient (Wildman–Crippen LogP) is 1.20. The third-order valence-corrected chi connectivity index (χ3v) is 0.755. The van der Waals surface area contributed by atoms with Gasteiger partial charge < -0.3 is 5.11 Å². The van der Waals surface area contributed by atoms with E-state index in [0.29, 0.717) is 0 Å². The maximum absolute atomic E-state index is 10.8. The van der Waals surface area contributed by atoms with Gasteiger partial charge in [0.25, 0.3) is 1.43 Å². The molecule has 2 nitrogen and oxygen atoms in total. The Hall–Kier alpha value is -1.31. The number of hydrogen-bond donors (Lipinski definition) is 1. The normalized spacial score (nSPS) is 17.8. The fraction of sp³-hybridized carbons (Fsp3) is 0. The van der Waals surface area contributed by atoms with Crippen molar-refractivity contribution in [2.75, 3.05) is 0 Å². The second-order valence-corrected chi connectivity index (χ2v) is 1.31. The van der Waals surface area contributed by atoms with E-state index in [9.17, 15) is 4.79 Å². The lowest BCUT2D eigenvalue weighted by molar-refractivity contribution is 0.112. The number of aldehydes is 1. The SMILES string of the molecule is [2H]Oc1c([2H])c([2H])c([2H])c([2H])c1C([2H])=O. The monoisotopic (exact) mass is 128 g/mol. The van der Waals surface area contributed by atoms with E-state index in [1.165, 1.54) is 0 Å². The third-order valence-electron chi connectivity index (χ3n) is 0.755. The summed E-state index contributed by atoms with van der Waals surface area (Å²) in [6.07, 6.45) is -1.32. The molecule has 46 valence electrons. The first-order chi connectivity index (χ1) is 6.91. The average Bonchev–Trinajstić information content (AvgIpc) is 2.19. The maximum atomic E-state index is 10.8. The number of phenols is 1. The van der Waals surface area contributed by atoms with Crippen molar-refractivity contribution in [2.45, 2.75) is 0 Å². The zero-order valence-corrected chi connectivity index (χ0v) is 4.32. The summed E-state index contributed by atoms with van der Waals surface area (Å²) in [5.74, 6) is -0.624. The molecule has 0 aliphatic carbocycles. The van der Waals surface area contributed by atoms with E-state index >= 15 is 0 Å². The highest BCUT2D eigenvalue weighted by atomic mass is 16.3. The van der Waals surface area contributed by atoms with Gasteiger partial charge in [0, 0.05) is 0 Å². The molecule has 9 heavy (non-hydrogen) atoms. The van der Waals surface area contributed by atoms with Gasteiger partial charge in [0.15, 0.2) is 6.26 Å². The van der Waals surface area contributed by atoms with E-state index in [-0.39, 0.29) is 0 Å². The second-order valence-electron chi connectivity index (χ2n) is 1.31. The molecule has 0 heterocycles. The van der Waals surface area contributed by atoms with Gasteiger partial charge in [-0.15, -0.1) is 0 Å². The molecular weight excluding hydrogens is 116 g/mol. The van der Waals surface area contributed by atoms with Crippen LogP contribution in [0.4, 0.5) is 0 Å². The van der Waals surface area contributed by atoms with Crippen molar-refractivity contribution in [3.05, 3.63) is 29.7 Å². The number of hydrogen-bond acceptors (Lipinski definition) is 2. The number of carbonyl (C=O) groups excluding carboxylic acids is 1. The Morgan fingerprint density at radius 3 is 3.22 bits per heavy atom. The lowest BCUT2D eigenvalue weighted by Crippen LogP contribution is -1.77. The van der Waals surface area contributed by atoms with E-state index in [1.54, 1.807) is 0 Å². The van der Waals surface area contributed by atoms with Gasteiger partial charge in [0.1, 0.15) is 7.12 Å². The molecule has 0 saturated heterocycles. The van der Waals surface area contributed by atoms with E-state index in [0.717, 1.165) is 0 Å². The molecule has 0 radical (unpaired) electrons. The molecule has 0 aliphatic rings. The Kier molecular flexibility index (Phi) is 0.471. The second kappa shape index (κ2) is 2.31. The van der Waals surface area contributed by atoms with Crippen LogP contribution in [0.25, 0.3) is 0 Å². The number of phenolic OH excluding ortho intramolecular Hbond substituents is 1. The van der Waals surface area contributed by atoms with Crippen molar-refractivity contribution >= 4 is 6.26 Å². The molecule has 0 unspecified atom stereocenters. The molecule has 1 N–H and O–H groups in total. The van der Waals surface area contributed by atoms with Crippen LogP contribution in [0.3, 0.4) is 0 Å². The fourth-order valence-electron chi connectivity index (χ4n) is 0.373. The summed E-state index contributed by atoms with van der Waals surface area (Å²) in [5, 5.41) is 3.95. The Morgan fingerprint density at radius 2 is 2.56 bits per heavy atom. The van der Waals surface area contributed by atoms with Crippen LogP contribution in [-0.2, 0) is 0 Å². The number of aromatic hydroxyl groups is 1. The summed E-state index contributed by atoms with van der Waals surface area (Å²) in [6.45, 7) is 0. The van der Waals surface area contributed by atoms with Crippen LogP contribution in [0.15, 0.2) is 24.2 Å². The molecule has 1 aromatic carbocycles. The first kappa shape index (κ1) is 1.84. The molecule has 0 amide bonds. The molecular formula is C7H6O2. The lowest BCUT2D eigenvalue weighted by atomic mass is 10.2. The number of para-hydroxylation sites is 1. The molecule has 0 saturated carbocycles. The zero-order valence-electron chi connectivity index (χ0n) is 10.3. The summed E-state index contributed by atoms with van der Waals surface area (Å²) in [4.78, 5) is 10.8. The average molecular weight is 128 g/mol. The Bertz CT molecular complexity index is 430. The molecule has 0 atom stereocenters. The standard InChI is InChI=1S/C7H6O2/c8-5-6-3-1-2-4-7(6)9/h1-5,9H/i1D,2D,3D,4D,5D/hD. The van der Waals surface area contributed by atoms with Crippen LogP contribution in [0.5, 0.6) is 5.75 Å². The Balaban J connectivity index is 3.70. The summed E-state index contributed by atoms with van der Waals surface area (Å²) >= 11 is 0.